The first-order valence-electron chi connectivity index (χ1n) is 4.56. The van der Waals surface area contributed by atoms with Crippen molar-refractivity contribution in [2.75, 3.05) is 13.2 Å². The molecule has 1 saturated heterocycles. The smallest absolute Gasteiger partial charge is 0.311 e. The Labute approximate surface area is 78.6 Å². The van der Waals surface area contributed by atoms with Gasteiger partial charge in [-0.05, 0) is 23.3 Å². The number of rotatable bonds is 2. The molecule has 2 rings (SSSR count). The van der Waals surface area contributed by atoms with Crippen LogP contribution >= 0.6 is 7.95 Å². The average Bonchev–Trinajstić information content (AvgIpc) is 2.87. The molecule has 0 radical (unpaired) electrons. The van der Waals surface area contributed by atoms with Gasteiger partial charge in [-0.15, -0.1) is 5.50 Å². The summed E-state index contributed by atoms with van der Waals surface area (Å²) in [5.41, 5.74) is 5.33. The summed E-state index contributed by atoms with van der Waals surface area (Å²) in [4.78, 5) is 0. The minimum absolute atomic E-state index is 0.127. The first-order chi connectivity index (χ1) is 6.12. The zero-order valence-electron chi connectivity index (χ0n) is 7.73. The van der Waals surface area contributed by atoms with Gasteiger partial charge in [0.1, 0.15) is 0 Å². The largest absolute Gasteiger partial charge is 0.493 e. The Morgan fingerprint density at radius 1 is 1.38 bits per heavy atom. The summed E-state index contributed by atoms with van der Waals surface area (Å²) in [7, 11) is -1.85. The molecule has 0 aromatic rings. The van der Waals surface area contributed by atoms with Gasteiger partial charge < -0.3 is 9.47 Å². The summed E-state index contributed by atoms with van der Waals surface area (Å²) in [5, 5.41) is 0. The number of hydrogen-bond acceptors (Lipinski definition) is 3. The second-order valence-electron chi connectivity index (χ2n) is 4.22. The van der Waals surface area contributed by atoms with Crippen LogP contribution in [-0.4, -0.2) is 19.2 Å². The molecule has 1 aliphatic carbocycles. The van der Waals surface area contributed by atoms with Gasteiger partial charge in [0.25, 0.3) is 0 Å². The molecule has 2 fully saturated rings. The Morgan fingerprint density at radius 2 is 1.92 bits per heavy atom. The molecule has 1 saturated carbocycles. The van der Waals surface area contributed by atoms with Crippen LogP contribution in [0.15, 0.2) is 0 Å². The molecule has 2 N–H and O–H groups in total. The van der Waals surface area contributed by atoms with Crippen molar-refractivity contribution in [2.24, 2.45) is 16.8 Å². The highest BCUT2D eigenvalue weighted by atomic mass is 31.1. The molecule has 13 heavy (non-hydrogen) atoms. The van der Waals surface area contributed by atoms with Gasteiger partial charge in [0.05, 0.1) is 13.2 Å². The maximum atomic E-state index is 10.9. The lowest BCUT2D eigenvalue weighted by Crippen LogP contribution is -2.40. The zero-order chi connectivity index (χ0) is 9.47. The van der Waals surface area contributed by atoms with Crippen LogP contribution < -0.4 is 5.50 Å². The maximum absolute atomic E-state index is 10.9. The molecular formula is C8H15NO3P+. The SMILES string of the molecule is CC1(C2CC2)COC([P+](N)=O)OC1. The van der Waals surface area contributed by atoms with Crippen molar-refractivity contribution in [3.8, 4) is 0 Å². The molecule has 1 unspecified atom stereocenters. The summed E-state index contributed by atoms with van der Waals surface area (Å²) in [6, 6.07) is -0.679. The highest BCUT2D eigenvalue weighted by Gasteiger charge is 2.48. The molecule has 4 nitrogen and oxygen atoms in total. The summed E-state index contributed by atoms with van der Waals surface area (Å²) in [5.74, 6) is 0.726. The van der Waals surface area contributed by atoms with Crippen molar-refractivity contribution in [3.63, 3.8) is 0 Å². The minimum atomic E-state index is -1.85. The van der Waals surface area contributed by atoms with Gasteiger partial charge in [0.15, 0.2) is 0 Å². The van der Waals surface area contributed by atoms with Crippen LogP contribution in [0.25, 0.3) is 0 Å². The fourth-order valence-corrected chi connectivity index (χ4v) is 2.22. The molecule has 5 heteroatoms. The van der Waals surface area contributed by atoms with Crippen molar-refractivity contribution in [3.05, 3.63) is 0 Å². The number of ether oxygens (including phenoxy) is 2. The molecule has 1 heterocycles. The van der Waals surface area contributed by atoms with E-state index in [0.29, 0.717) is 13.2 Å². The van der Waals surface area contributed by atoms with Crippen LogP contribution in [0.4, 0.5) is 0 Å². The predicted molar refractivity (Wildman–Crippen MR) is 48.3 cm³/mol. The van der Waals surface area contributed by atoms with E-state index in [-0.39, 0.29) is 5.41 Å². The molecule has 1 aliphatic heterocycles. The summed E-state index contributed by atoms with van der Waals surface area (Å²) >= 11 is 0. The molecule has 74 valence electrons. The van der Waals surface area contributed by atoms with Gasteiger partial charge in [-0.2, -0.15) is 0 Å². The molecule has 0 aromatic heterocycles. The normalized spacial score (nSPS) is 41.7. The highest BCUT2D eigenvalue weighted by molar-refractivity contribution is 7.42. The van der Waals surface area contributed by atoms with Crippen LogP contribution in [-0.2, 0) is 14.0 Å². The lowest BCUT2D eigenvalue weighted by molar-refractivity contribution is -0.190. The second-order valence-corrected chi connectivity index (χ2v) is 5.36. The van der Waals surface area contributed by atoms with Crippen molar-refractivity contribution in [2.45, 2.75) is 25.8 Å². The fraction of sp³-hybridized carbons (Fsp3) is 1.00. The topological polar surface area (TPSA) is 61.5 Å². The lowest BCUT2D eigenvalue weighted by atomic mass is 9.86. The van der Waals surface area contributed by atoms with Crippen molar-refractivity contribution in [1.82, 2.24) is 0 Å². The third-order valence-corrected chi connectivity index (χ3v) is 3.60. The lowest BCUT2D eigenvalue weighted by Gasteiger charge is -2.33. The minimum Gasteiger partial charge on any atom is -0.311 e. The monoisotopic (exact) mass is 204 g/mol. The van der Waals surface area contributed by atoms with E-state index in [2.05, 4.69) is 6.92 Å². The van der Waals surface area contributed by atoms with Gasteiger partial charge in [0, 0.05) is 5.41 Å². The molecule has 1 atom stereocenters. The molecule has 0 spiro atoms. The summed E-state index contributed by atoms with van der Waals surface area (Å²) in [6.07, 6.45) is 2.53. The third kappa shape index (κ3) is 1.91. The number of nitrogens with two attached hydrogens (primary N) is 1. The van der Waals surface area contributed by atoms with Crippen LogP contribution in [0.2, 0.25) is 0 Å². The van der Waals surface area contributed by atoms with E-state index in [1.807, 2.05) is 0 Å². The molecule has 0 amide bonds. The summed E-state index contributed by atoms with van der Waals surface area (Å²) in [6.45, 7) is 3.41. The van der Waals surface area contributed by atoms with Gasteiger partial charge in [0.2, 0.25) is 0 Å². The predicted octanol–water partition coefficient (Wildman–Crippen LogP) is 1.43. The van der Waals surface area contributed by atoms with Gasteiger partial charge in [-0.1, -0.05) is 6.92 Å². The van der Waals surface area contributed by atoms with Crippen molar-refractivity contribution < 1.29 is 14.0 Å². The third-order valence-electron chi connectivity index (χ3n) is 2.88. The van der Waals surface area contributed by atoms with Gasteiger partial charge >= 0.3 is 14.0 Å². The van der Waals surface area contributed by atoms with Crippen LogP contribution in [0.1, 0.15) is 19.8 Å². The van der Waals surface area contributed by atoms with Crippen LogP contribution in [0.5, 0.6) is 0 Å². The maximum Gasteiger partial charge on any atom is 0.493 e. The zero-order valence-corrected chi connectivity index (χ0v) is 8.63. The average molecular weight is 204 g/mol. The Morgan fingerprint density at radius 3 is 2.31 bits per heavy atom. The Balaban J connectivity index is 1.91. The molecule has 0 aromatic carbocycles. The Hall–Kier alpha value is -0.0200. The molecule has 0 bridgehead atoms. The van der Waals surface area contributed by atoms with E-state index in [9.17, 15) is 4.57 Å². The van der Waals surface area contributed by atoms with E-state index >= 15 is 0 Å². The first kappa shape index (κ1) is 9.53. The standard InChI is InChI=1S/C8H15NO3P/c1-8(6-2-3-6)4-11-7(12-5-8)13(9)10/h6-7H,2-5H2,1H3,(H2,9,10)/q+1. The van der Waals surface area contributed by atoms with Crippen LogP contribution in [0, 0.1) is 11.3 Å². The highest BCUT2D eigenvalue weighted by Crippen LogP contribution is 2.48. The second kappa shape index (κ2) is 3.28. The van der Waals surface area contributed by atoms with Crippen molar-refractivity contribution in [1.29, 1.82) is 0 Å². The quantitative estimate of drug-likeness (QED) is 0.691. The van der Waals surface area contributed by atoms with E-state index in [1.165, 1.54) is 12.8 Å². The van der Waals surface area contributed by atoms with E-state index in [1.54, 1.807) is 0 Å². The van der Waals surface area contributed by atoms with E-state index < -0.39 is 14.0 Å². The molecular weight excluding hydrogens is 189 g/mol. The van der Waals surface area contributed by atoms with Crippen molar-refractivity contribution >= 4 is 7.95 Å². The van der Waals surface area contributed by atoms with E-state index in [4.69, 9.17) is 15.0 Å². The van der Waals surface area contributed by atoms with Crippen LogP contribution in [0.3, 0.4) is 0 Å². The Bertz CT molecular complexity index is 221. The van der Waals surface area contributed by atoms with Gasteiger partial charge in [-0.3, -0.25) is 0 Å². The Kier molecular flexibility index (Phi) is 2.41. The molecule has 2 aliphatic rings. The summed E-state index contributed by atoms with van der Waals surface area (Å²) < 4.78 is 21.5. The number of hydrogen-bond donors (Lipinski definition) is 1. The van der Waals surface area contributed by atoms with E-state index in [0.717, 1.165) is 5.92 Å². The van der Waals surface area contributed by atoms with Gasteiger partial charge in [-0.25, -0.2) is 0 Å². The first-order valence-corrected chi connectivity index (χ1v) is 5.96. The fourth-order valence-electron chi connectivity index (χ4n) is 1.78.